The summed E-state index contributed by atoms with van der Waals surface area (Å²) in [6.07, 6.45) is 0. The van der Waals surface area contributed by atoms with Crippen LogP contribution in [0.2, 0.25) is 0 Å². The predicted octanol–water partition coefficient (Wildman–Crippen LogP) is 1.57. The van der Waals surface area contributed by atoms with Gasteiger partial charge in [0.05, 0.1) is 14.8 Å². The van der Waals surface area contributed by atoms with Crippen LogP contribution in [-0.2, 0) is 11.1 Å². The third-order valence-electron chi connectivity index (χ3n) is 1.82. The molecule has 3 heteroatoms. The summed E-state index contributed by atoms with van der Waals surface area (Å²) in [7, 11) is -0.457. The van der Waals surface area contributed by atoms with Crippen molar-refractivity contribution in [1.82, 2.24) is 0 Å². The summed E-state index contributed by atoms with van der Waals surface area (Å²) in [5.41, 5.74) is 1.22. The molecule has 0 saturated heterocycles. The van der Waals surface area contributed by atoms with Gasteiger partial charge in [-0.25, -0.2) is 0 Å². The number of fused-ring (bicyclic) bond motifs is 1. The standard InChI is InChI=1S/C8H9O2P/c1-11-8-4-7(9)3-2-6(8)5-10-11/h2-4,9H,5H2,1H3. The van der Waals surface area contributed by atoms with Gasteiger partial charge in [-0.1, -0.05) is 6.07 Å². The number of phenols is 1. The highest BCUT2D eigenvalue weighted by molar-refractivity contribution is 7.60. The molecule has 0 bridgehead atoms. The summed E-state index contributed by atoms with van der Waals surface area (Å²) >= 11 is 0. The lowest BCUT2D eigenvalue weighted by Crippen LogP contribution is -1.98. The lowest BCUT2D eigenvalue weighted by molar-refractivity contribution is 0.362. The first kappa shape index (κ1) is 7.08. The summed E-state index contributed by atoms with van der Waals surface area (Å²) in [6.45, 7) is 2.76. The number of hydrogen-bond donors (Lipinski definition) is 1. The molecule has 1 aliphatic rings. The lowest BCUT2D eigenvalue weighted by Gasteiger charge is -2.01. The molecule has 1 N–H and O–H groups in total. The fraction of sp³-hybridized carbons (Fsp3) is 0.250. The van der Waals surface area contributed by atoms with Crippen LogP contribution in [0, 0.1) is 0 Å². The van der Waals surface area contributed by atoms with Crippen LogP contribution in [0.5, 0.6) is 5.75 Å². The Balaban J connectivity index is 2.52. The molecule has 0 amide bonds. The average Bonchev–Trinajstić information content (AvgIpc) is 2.33. The van der Waals surface area contributed by atoms with Crippen molar-refractivity contribution in [2.45, 2.75) is 6.61 Å². The Hall–Kier alpha value is -0.590. The number of aromatic hydroxyl groups is 1. The largest absolute Gasteiger partial charge is 0.508 e. The molecule has 0 aliphatic carbocycles. The third kappa shape index (κ3) is 1.13. The minimum atomic E-state index is -0.457. The fourth-order valence-corrected chi connectivity index (χ4v) is 2.53. The smallest absolute Gasteiger partial charge is 0.116 e. The quantitative estimate of drug-likeness (QED) is 0.596. The number of rotatable bonds is 0. The molecular weight excluding hydrogens is 159 g/mol. The molecule has 1 aromatic rings. The third-order valence-corrected chi connectivity index (χ3v) is 3.43. The SMILES string of the molecule is CP1OCc2ccc(O)cc21. The predicted molar refractivity (Wildman–Crippen MR) is 45.4 cm³/mol. The maximum Gasteiger partial charge on any atom is 0.116 e. The van der Waals surface area contributed by atoms with Crippen molar-refractivity contribution in [3.8, 4) is 5.75 Å². The van der Waals surface area contributed by atoms with Gasteiger partial charge in [-0.15, -0.1) is 0 Å². The summed E-state index contributed by atoms with van der Waals surface area (Å²) in [5.74, 6) is 0.337. The van der Waals surface area contributed by atoms with Gasteiger partial charge in [0.15, 0.2) is 0 Å². The van der Waals surface area contributed by atoms with Crippen molar-refractivity contribution in [2.24, 2.45) is 0 Å². The molecule has 2 nitrogen and oxygen atoms in total. The Kier molecular flexibility index (Phi) is 1.59. The Morgan fingerprint density at radius 2 is 2.36 bits per heavy atom. The van der Waals surface area contributed by atoms with Crippen molar-refractivity contribution >= 4 is 13.5 Å². The first-order valence-corrected chi connectivity index (χ1v) is 5.16. The van der Waals surface area contributed by atoms with E-state index in [1.165, 1.54) is 10.9 Å². The van der Waals surface area contributed by atoms with Crippen LogP contribution < -0.4 is 5.30 Å². The molecule has 1 unspecified atom stereocenters. The molecular formula is C8H9O2P. The zero-order valence-corrected chi connectivity index (χ0v) is 7.14. The Morgan fingerprint density at radius 1 is 1.55 bits per heavy atom. The molecule has 0 radical (unpaired) electrons. The summed E-state index contributed by atoms with van der Waals surface area (Å²) in [5, 5.41) is 10.3. The lowest BCUT2D eigenvalue weighted by atomic mass is 10.2. The molecule has 1 aromatic carbocycles. The molecule has 58 valence electrons. The van der Waals surface area contributed by atoms with Crippen LogP contribution in [0.25, 0.3) is 0 Å². The summed E-state index contributed by atoms with van der Waals surface area (Å²) in [4.78, 5) is 0. The fourth-order valence-electron chi connectivity index (χ4n) is 1.20. The van der Waals surface area contributed by atoms with Crippen LogP contribution >= 0.6 is 8.15 Å². The molecule has 11 heavy (non-hydrogen) atoms. The second kappa shape index (κ2) is 2.47. The Morgan fingerprint density at radius 3 is 3.18 bits per heavy atom. The average molecular weight is 168 g/mol. The number of benzene rings is 1. The summed E-state index contributed by atoms with van der Waals surface area (Å²) < 4.78 is 5.43. The van der Waals surface area contributed by atoms with Crippen molar-refractivity contribution in [3.05, 3.63) is 23.8 Å². The Labute approximate surface area is 66.6 Å². The van der Waals surface area contributed by atoms with Crippen molar-refractivity contribution < 1.29 is 9.63 Å². The molecule has 1 atom stereocenters. The number of phenolic OH excluding ortho intramolecular Hbond substituents is 1. The van der Waals surface area contributed by atoms with E-state index >= 15 is 0 Å². The van der Waals surface area contributed by atoms with Crippen molar-refractivity contribution in [2.75, 3.05) is 6.66 Å². The molecule has 1 aliphatic heterocycles. The van der Waals surface area contributed by atoms with Gasteiger partial charge in [-0.05, 0) is 24.4 Å². The highest BCUT2D eigenvalue weighted by Crippen LogP contribution is 2.40. The van der Waals surface area contributed by atoms with E-state index in [2.05, 4.69) is 6.66 Å². The van der Waals surface area contributed by atoms with Crippen molar-refractivity contribution in [3.63, 3.8) is 0 Å². The van der Waals surface area contributed by atoms with Crippen LogP contribution in [-0.4, -0.2) is 11.8 Å². The normalized spacial score (nSPS) is 21.7. The van der Waals surface area contributed by atoms with Gasteiger partial charge in [0, 0.05) is 5.30 Å². The van der Waals surface area contributed by atoms with Gasteiger partial charge >= 0.3 is 0 Å². The maximum atomic E-state index is 9.17. The van der Waals surface area contributed by atoms with Gasteiger partial charge in [0.2, 0.25) is 0 Å². The number of hydrogen-bond acceptors (Lipinski definition) is 2. The molecule has 0 spiro atoms. The van der Waals surface area contributed by atoms with Crippen LogP contribution in [0.3, 0.4) is 0 Å². The van der Waals surface area contributed by atoms with E-state index < -0.39 is 8.15 Å². The van der Waals surface area contributed by atoms with Gasteiger partial charge in [-0.3, -0.25) is 0 Å². The first-order valence-electron chi connectivity index (χ1n) is 3.46. The van der Waals surface area contributed by atoms with Gasteiger partial charge in [0.1, 0.15) is 5.75 Å². The zero-order valence-electron chi connectivity index (χ0n) is 6.24. The summed E-state index contributed by atoms with van der Waals surface area (Å²) in [6, 6.07) is 5.43. The van der Waals surface area contributed by atoms with E-state index in [0.29, 0.717) is 12.4 Å². The molecule has 1 heterocycles. The minimum absolute atomic E-state index is 0.337. The zero-order chi connectivity index (χ0) is 7.84. The van der Waals surface area contributed by atoms with Gasteiger partial charge in [0.25, 0.3) is 0 Å². The highest BCUT2D eigenvalue weighted by Gasteiger charge is 2.18. The van der Waals surface area contributed by atoms with E-state index in [1.807, 2.05) is 6.07 Å². The van der Waals surface area contributed by atoms with E-state index in [-0.39, 0.29) is 0 Å². The minimum Gasteiger partial charge on any atom is -0.508 e. The molecule has 0 aromatic heterocycles. The van der Waals surface area contributed by atoms with E-state index in [1.54, 1.807) is 12.1 Å². The maximum absolute atomic E-state index is 9.17. The molecule has 0 saturated carbocycles. The van der Waals surface area contributed by atoms with Crippen LogP contribution in [0.4, 0.5) is 0 Å². The van der Waals surface area contributed by atoms with Crippen LogP contribution in [0.15, 0.2) is 18.2 Å². The van der Waals surface area contributed by atoms with Gasteiger partial charge in [-0.2, -0.15) is 0 Å². The van der Waals surface area contributed by atoms with Gasteiger partial charge < -0.3 is 9.63 Å². The van der Waals surface area contributed by atoms with Crippen LogP contribution in [0.1, 0.15) is 5.56 Å². The molecule has 0 fully saturated rings. The van der Waals surface area contributed by atoms with E-state index in [0.717, 1.165) is 0 Å². The monoisotopic (exact) mass is 168 g/mol. The van der Waals surface area contributed by atoms with E-state index in [9.17, 15) is 0 Å². The topological polar surface area (TPSA) is 29.5 Å². The van der Waals surface area contributed by atoms with E-state index in [4.69, 9.17) is 9.63 Å². The molecule has 2 rings (SSSR count). The highest BCUT2D eigenvalue weighted by atomic mass is 31.1. The Bertz CT molecular complexity index is 285. The first-order chi connectivity index (χ1) is 5.27. The second-order valence-corrected chi connectivity index (χ2v) is 4.32. The van der Waals surface area contributed by atoms with Crippen molar-refractivity contribution in [1.29, 1.82) is 0 Å². The second-order valence-electron chi connectivity index (χ2n) is 2.58.